The van der Waals surface area contributed by atoms with Gasteiger partial charge in [-0.25, -0.2) is 0 Å². The van der Waals surface area contributed by atoms with Crippen LogP contribution in [-0.4, -0.2) is 19.4 Å². The van der Waals surface area contributed by atoms with Crippen molar-refractivity contribution in [3.05, 3.63) is 72.6 Å². The maximum Gasteiger partial charge on any atom is 0.357 e. The molecule has 1 aliphatic rings. The van der Waals surface area contributed by atoms with Crippen molar-refractivity contribution < 1.29 is 18.2 Å². The number of allylic oxidation sites excluding steroid dienone is 1. The van der Waals surface area contributed by atoms with Crippen LogP contribution < -0.4 is 10.6 Å². The SMILES string of the molecule is C=C(CP(=O)(c1ccccc1)c1ccccc1)P1(=O)OCC(C)(C)CO1. The van der Waals surface area contributed by atoms with Gasteiger partial charge in [-0.2, -0.15) is 0 Å². The molecule has 0 saturated carbocycles. The zero-order valence-corrected chi connectivity index (χ0v) is 16.9. The molecule has 0 amide bonds. The van der Waals surface area contributed by atoms with E-state index < -0.39 is 14.7 Å². The van der Waals surface area contributed by atoms with Crippen LogP contribution in [-0.2, 0) is 18.2 Å². The molecule has 0 bridgehead atoms. The van der Waals surface area contributed by atoms with Crippen LogP contribution in [0.1, 0.15) is 13.8 Å². The number of benzene rings is 2. The van der Waals surface area contributed by atoms with Gasteiger partial charge in [-0.05, 0) is 0 Å². The molecule has 2 aromatic rings. The largest absolute Gasteiger partial charge is 0.357 e. The van der Waals surface area contributed by atoms with E-state index in [1.165, 1.54) is 0 Å². The summed E-state index contributed by atoms with van der Waals surface area (Å²) >= 11 is 0. The van der Waals surface area contributed by atoms with E-state index in [9.17, 15) is 9.13 Å². The van der Waals surface area contributed by atoms with E-state index >= 15 is 0 Å². The van der Waals surface area contributed by atoms with Gasteiger partial charge >= 0.3 is 7.60 Å². The third-order valence-electron chi connectivity index (χ3n) is 4.39. The van der Waals surface area contributed by atoms with Crippen molar-refractivity contribution in [3.8, 4) is 0 Å². The summed E-state index contributed by atoms with van der Waals surface area (Å²) in [5.41, 5.74) is -0.198. The van der Waals surface area contributed by atoms with Gasteiger partial charge in [0.15, 0.2) is 0 Å². The van der Waals surface area contributed by atoms with Crippen LogP contribution in [0.4, 0.5) is 0 Å². The normalized spacial score (nSPS) is 19.0. The minimum absolute atomic E-state index is 0.0543. The first-order valence-electron chi connectivity index (χ1n) is 8.53. The molecule has 138 valence electrons. The zero-order valence-electron chi connectivity index (χ0n) is 15.1. The van der Waals surface area contributed by atoms with Crippen molar-refractivity contribution in [2.24, 2.45) is 5.41 Å². The molecule has 6 heteroatoms. The van der Waals surface area contributed by atoms with E-state index in [0.29, 0.717) is 23.8 Å². The maximum absolute atomic E-state index is 14.0. The van der Waals surface area contributed by atoms with Crippen molar-refractivity contribution in [2.75, 3.05) is 19.4 Å². The number of hydrogen-bond donors (Lipinski definition) is 0. The van der Waals surface area contributed by atoms with Crippen LogP contribution in [0.2, 0.25) is 0 Å². The van der Waals surface area contributed by atoms with Crippen LogP contribution in [0.5, 0.6) is 0 Å². The second kappa shape index (κ2) is 7.29. The molecule has 0 atom stereocenters. The molecule has 0 radical (unpaired) electrons. The van der Waals surface area contributed by atoms with E-state index in [1.807, 2.05) is 74.5 Å². The van der Waals surface area contributed by atoms with E-state index in [2.05, 4.69) is 6.58 Å². The van der Waals surface area contributed by atoms with Crippen LogP contribution >= 0.6 is 14.7 Å². The number of rotatable bonds is 5. The average molecular weight is 390 g/mol. The van der Waals surface area contributed by atoms with Gasteiger partial charge in [0.1, 0.15) is 7.14 Å². The second-order valence-corrected chi connectivity index (χ2v) is 12.3. The van der Waals surface area contributed by atoms with E-state index in [0.717, 1.165) is 0 Å². The minimum Gasteiger partial charge on any atom is -0.313 e. The van der Waals surface area contributed by atoms with Crippen molar-refractivity contribution in [1.82, 2.24) is 0 Å². The third kappa shape index (κ3) is 3.94. The van der Waals surface area contributed by atoms with Crippen molar-refractivity contribution in [2.45, 2.75) is 13.8 Å². The fourth-order valence-corrected chi connectivity index (χ4v) is 8.05. The average Bonchev–Trinajstić information content (AvgIpc) is 2.65. The van der Waals surface area contributed by atoms with Gasteiger partial charge in [0.05, 0.1) is 13.2 Å². The Balaban J connectivity index is 1.94. The van der Waals surface area contributed by atoms with E-state index in [1.54, 1.807) is 0 Å². The molecular weight excluding hydrogens is 366 g/mol. The highest BCUT2D eigenvalue weighted by Gasteiger charge is 2.41. The Hall–Kier alpha value is -1.44. The quantitative estimate of drug-likeness (QED) is 0.690. The van der Waals surface area contributed by atoms with Gasteiger partial charge in [-0.3, -0.25) is 4.57 Å². The van der Waals surface area contributed by atoms with E-state index in [4.69, 9.17) is 9.05 Å². The van der Waals surface area contributed by atoms with Crippen molar-refractivity contribution in [1.29, 1.82) is 0 Å². The molecule has 0 spiro atoms. The molecule has 1 fully saturated rings. The van der Waals surface area contributed by atoms with Gasteiger partial charge < -0.3 is 13.6 Å². The molecule has 0 aromatic heterocycles. The Kier molecular flexibility index (Phi) is 5.42. The molecule has 1 aliphatic heterocycles. The Morgan fingerprint density at radius 1 is 1.00 bits per heavy atom. The summed E-state index contributed by atoms with van der Waals surface area (Å²) in [6.07, 6.45) is 0.0543. The molecule has 0 aliphatic carbocycles. The molecule has 3 rings (SSSR count). The van der Waals surface area contributed by atoms with Gasteiger partial charge in [0.2, 0.25) is 0 Å². The van der Waals surface area contributed by atoms with Crippen LogP contribution in [0.15, 0.2) is 72.6 Å². The highest BCUT2D eigenvalue weighted by atomic mass is 31.2. The lowest BCUT2D eigenvalue weighted by molar-refractivity contribution is 0.0446. The molecule has 1 saturated heterocycles. The smallest absolute Gasteiger partial charge is 0.313 e. The topological polar surface area (TPSA) is 52.6 Å². The van der Waals surface area contributed by atoms with Gasteiger partial charge in [0.25, 0.3) is 0 Å². The molecule has 2 aromatic carbocycles. The van der Waals surface area contributed by atoms with Crippen molar-refractivity contribution in [3.63, 3.8) is 0 Å². The molecule has 0 N–H and O–H groups in total. The highest BCUT2D eigenvalue weighted by Crippen LogP contribution is 2.63. The molecule has 1 heterocycles. The van der Waals surface area contributed by atoms with Crippen LogP contribution in [0.25, 0.3) is 0 Å². The van der Waals surface area contributed by atoms with E-state index in [-0.39, 0.29) is 16.9 Å². The summed E-state index contributed by atoms with van der Waals surface area (Å²) in [7, 11) is -6.54. The first-order valence-corrected chi connectivity index (χ1v) is 12.0. The first kappa shape index (κ1) is 19.3. The Bertz CT molecular complexity index is 818. The zero-order chi connectivity index (χ0) is 18.8. The Morgan fingerprint density at radius 2 is 1.42 bits per heavy atom. The van der Waals surface area contributed by atoms with Gasteiger partial charge in [-0.1, -0.05) is 81.1 Å². The fourth-order valence-electron chi connectivity index (χ4n) is 2.79. The number of hydrogen-bond acceptors (Lipinski definition) is 4. The third-order valence-corrected chi connectivity index (χ3v) is 9.60. The van der Waals surface area contributed by atoms with Gasteiger partial charge in [-0.15, -0.1) is 0 Å². The predicted molar refractivity (Wildman–Crippen MR) is 107 cm³/mol. The van der Waals surface area contributed by atoms with Gasteiger partial charge in [0, 0.05) is 27.5 Å². The molecule has 26 heavy (non-hydrogen) atoms. The Morgan fingerprint density at radius 3 is 1.85 bits per heavy atom. The maximum atomic E-state index is 14.0. The lowest BCUT2D eigenvalue weighted by Gasteiger charge is -2.35. The predicted octanol–water partition coefficient (Wildman–Crippen LogP) is 4.78. The summed E-state index contributed by atoms with van der Waals surface area (Å²) in [5.74, 6) is 0. The molecule has 0 unspecified atom stereocenters. The molecule has 4 nitrogen and oxygen atoms in total. The monoisotopic (exact) mass is 390 g/mol. The summed E-state index contributed by atoms with van der Waals surface area (Å²) in [6, 6.07) is 18.5. The molecular formula is C20H24O4P2. The summed E-state index contributed by atoms with van der Waals surface area (Å²) in [5, 5.41) is 1.68. The fraction of sp³-hybridized carbons (Fsp3) is 0.300. The van der Waals surface area contributed by atoms with Crippen LogP contribution in [0, 0.1) is 5.41 Å². The van der Waals surface area contributed by atoms with Crippen molar-refractivity contribution >= 4 is 25.3 Å². The second-order valence-electron chi connectivity index (χ2n) is 7.34. The highest BCUT2D eigenvalue weighted by molar-refractivity contribution is 7.79. The summed E-state index contributed by atoms with van der Waals surface area (Å²) in [4.78, 5) is 0. The summed E-state index contributed by atoms with van der Waals surface area (Å²) < 4.78 is 38.3. The lowest BCUT2D eigenvalue weighted by atomic mass is 9.97. The Labute approximate surface area is 155 Å². The van der Waals surface area contributed by atoms with Crippen LogP contribution in [0.3, 0.4) is 0 Å². The minimum atomic E-state index is -3.49. The first-order chi connectivity index (χ1) is 12.3. The lowest BCUT2D eigenvalue weighted by Crippen LogP contribution is -2.30. The summed E-state index contributed by atoms with van der Waals surface area (Å²) in [6.45, 7) is 8.56. The standard InChI is InChI=1S/C20H24O4P2/c1-17(26(22)23-15-20(2,3)16-24-26)14-25(21,18-10-6-4-7-11-18)19-12-8-5-9-13-19/h4-13H,1,14-16H2,2-3H3.